The van der Waals surface area contributed by atoms with Crippen LogP contribution < -0.4 is 4.74 Å². The van der Waals surface area contributed by atoms with Crippen LogP contribution in [0.2, 0.25) is 0 Å². The smallest absolute Gasteiger partial charge is 0.285 e. The summed E-state index contributed by atoms with van der Waals surface area (Å²) in [4.78, 5) is 0. The maximum Gasteiger partial charge on any atom is 0.285 e. The Kier molecular flexibility index (Phi) is 5.04. The molecule has 1 rings (SSSR count). The van der Waals surface area contributed by atoms with E-state index in [0.29, 0.717) is 17.1 Å². The predicted molar refractivity (Wildman–Crippen MR) is 61.3 cm³/mol. The zero-order valence-electron chi connectivity index (χ0n) is 8.70. The average Bonchev–Trinajstić information content (AvgIpc) is 2.27. The number of benzene rings is 1. The van der Waals surface area contributed by atoms with Gasteiger partial charge in [0.15, 0.2) is 0 Å². The summed E-state index contributed by atoms with van der Waals surface area (Å²) in [5, 5.41) is 0. The van der Waals surface area contributed by atoms with Crippen molar-refractivity contribution in [3.05, 3.63) is 35.8 Å². The van der Waals surface area contributed by atoms with Gasteiger partial charge in [-0.3, -0.25) is 0 Å². The molecule has 0 bridgehead atoms. The molecule has 0 heterocycles. The molecule has 0 N–H and O–H groups in total. The number of hydrogen-bond donors (Lipinski definition) is 0. The Morgan fingerprint density at radius 2 is 2.20 bits per heavy atom. The third-order valence-corrected chi connectivity index (χ3v) is 2.18. The number of rotatable bonds is 5. The van der Waals surface area contributed by atoms with Crippen molar-refractivity contribution in [2.75, 3.05) is 12.9 Å². The van der Waals surface area contributed by atoms with Crippen molar-refractivity contribution in [1.29, 1.82) is 0 Å². The molecule has 0 radical (unpaired) electrons. The summed E-state index contributed by atoms with van der Waals surface area (Å²) in [6, 6.07) is 6.56. The lowest BCUT2D eigenvalue weighted by Gasteiger charge is -2.04. The van der Waals surface area contributed by atoms with Crippen molar-refractivity contribution in [1.82, 2.24) is 0 Å². The molecular weight excluding hydrogens is 215 g/mol. The fourth-order valence-corrected chi connectivity index (χ4v) is 1.33. The molecule has 0 aliphatic heterocycles. The summed E-state index contributed by atoms with van der Waals surface area (Å²) in [6.45, 7) is 1.89. The molecule has 0 aliphatic rings. The molecule has 4 heteroatoms. The van der Waals surface area contributed by atoms with Crippen LogP contribution in [0.25, 0.3) is 6.08 Å². The molecule has 0 atom stereocenters. The van der Waals surface area contributed by atoms with Gasteiger partial charge >= 0.3 is 0 Å². The summed E-state index contributed by atoms with van der Waals surface area (Å²) >= 11 is 1.06. The van der Waals surface area contributed by atoms with Gasteiger partial charge in [-0.15, -0.1) is 0 Å². The minimum Gasteiger partial charge on any atom is -0.496 e. The first kappa shape index (κ1) is 11.9. The Morgan fingerprint density at radius 3 is 2.87 bits per heavy atom. The van der Waals surface area contributed by atoms with Gasteiger partial charge in [-0.1, -0.05) is 25.1 Å². The summed E-state index contributed by atoms with van der Waals surface area (Å²) in [7, 11) is 1.55. The highest BCUT2D eigenvalue weighted by molar-refractivity contribution is 7.94. The third kappa shape index (κ3) is 3.83. The van der Waals surface area contributed by atoms with Gasteiger partial charge in [-0.25, -0.2) is 0 Å². The van der Waals surface area contributed by atoms with Crippen molar-refractivity contribution in [3.63, 3.8) is 0 Å². The van der Waals surface area contributed by atoms with Crippen molar-refractivity contribution in [2.45, 2.75) is 6.92 Å². The summed E-state index contributed by atoms with van der Waals surface area (Å²) in [6.07, 6.45) is 1.31. The Hall–Kier alpha value is -1.16. The third-order valence-electron chi connectivity index (χ3n) is 1.66. The molecule has 82 valence electrons. The highest BCUT2D eigenvalue weighted by atomic mass is 32.2. The molecule has 2 nitrogen and oxygen atoms in total. The lowest BCUT2D eigenvalue weighted by Crippen LogP contribution is -1.86. The Labute approximate surface area is 93.3 Å². The van der Waals surface area contributed by atoms with Crippen molar-refractivity contribution in [2.24, 2.45) is 0 Å². The second kappa shape index (κ2) is 6.35. The Morgan fingerprint density at radius 1 is 1.47 bits per heavy atom. The predicted octanol–water partition coefficient (Wildman–Crippen LogP) is 3.65. The van der Waals surface area contributed by atoms with Gasteiger partial charge in [0.1, 0.15) is 5.75 Å². The van der Waals surface area contributed by atoms with E-state index in [4.69, 9.17) is 8.92 Å². The molecule has 0 amide bonds. The lowest BCUT2D eigenvalue weighted by atomic mass is 10.2. The highest BCUT2D eigenvalue weighted by Gasteiger charge is 2.02. The van der Waals surface area contributed by atoms with Gasteiger partial charge in [-0.2, -0.15) is 4.39 Å². The Bertz CT molecular complexity index is 339. The monoisotopic (exact) mass is 228 g/mol. The maximum absolute atomic E-state index is 13.2. The van der Waals surface area contributed by atoms with Crippen LogP contribution in [-0.2, 0) is 4.18 Å². The normalized spacial score (nSPS) is 11.3. The van der Waals surface area contributed by atoms with E-state index >= 15 is 0 Å². The van der Waals surface area contributed by atoms with Gasteiger partial charge in [0.2, 0.25) is 0 Å². The van der Waals surface area contributed by atoms with E-state index in [1.54, 1.807) is 19.2 Å². The van der Waals surface area contributed by atoms with E-state index in [2.05, 4.69) is 0 Å². The highest BCUT2D eigenvalue weighted by Crippen LogP contribution is 2.22. The number of halogens is 1. The molecule has 0 saturated heterocycles. The van der Waals surface area contributed by atoms with E-state index in [1.165, 1.54) is 6.08 Å². The second-order valence-corrected chi connectivity index (χ2v) is 3.66. The number of para-hydroxylation sites is 1. The van der Waals surface area contributed by atoms with Crippen molar-refractivity contribution < 1.29 is 13.3 Å². The fraction of sp³-hybridized carbons (Fsp3) is 0.273. The van der Waals surface area contributed by atoms with Gasteiger partial charge < -0.3 is 8.92 Å². The van der Waals surface area contributed by atoms with Crippen molar-refractivity contribution >= 4 is 18.1 Å². The van der Waals surface area contributed by atoms with E-state index in [-0.39, 0.29) is 0 Å². The van der Waals surface area contributed by atoms with Crippen molar-refractivity contribution in [3.8, 4) is 5.75 Å². The van der Waals surface area contributed by atoms with Gasteiger partial charge in [0, 0.05) is 17.4 Å². The van der Waals surface area contributed by atoms with Gasteiger partial charge in [0.25, 0.3) is 6.01 Å². The van der Waals surface area contributed by atoms with E-state index in [0.717, 1.165) is 12.0 Å². The van der Waals surface area contributed by atoms with Crippen LogP contribution in [0.15, 0.2) is 30.3 Å². The summed E-state index contributed by atoms with van der Waals surface area (Å²) < 4.78 is 23.0. The van der Waals surface area contributed by atoms with Crippen LogP contribution in [0.5, 0.6) is 5.75 Å². The maximum atomic E-state index is 13.2. The zero-order valence-corrected chi connectivity index (χ0v) is 9.51. The van der Waals surface area contributed by atoms with E-state index in [1.807, 2.05) is 19.1 Å². The largest absolute Gasteiger partial charge is 0.496 e. The SMILES string of the molecule is CCSO/C(F)=C/c1ccccc1OC. The second-order valence-electron chi connectivity index (χ2n) is 2.68. The minimum absolute atomic E-state index is 0.619. The molecule has 0 spiro atoms. The fourth-order valence-electron chi connectivity index (χ4n) is 1.05. The van der Waals surface area contributed by atoms with Crippen LogP contribution in [0, 0.1) is 0 Å². The quantitative estimate of drug-likeness (QED) is 0.566. The summed E-state index contributed by atoms with van der Waals surface area (Å²) in [5.74, 6) is 1.32. The summed E-state index contributed by atoms with van der Waals surface area (Å²) in [5.41, 5.74) is 0.661. The van der Waals surface area contributed by atoms with Crippen LogP contribution >= 0.6 is 12.0 Å². The van der Waals surface area contributed by atoms with Crippen LogP contribution in [0.4, 0.5) is 4.39 Å². The average molecular weight is 228 g/mol. The molecule has 1 aromatic carbocycles. The van der Waals surface area contributed by atoms with Gasteiger partial charge in [-0.05, 0) is 6.07 Å². The number of methoxy groups -OCH3 is 1. The molecule has 0 aliphatic carbocycles. The topological polar surface area (TPSA) is 18.5 Å². The molecule has 0 saturated carbocycles. The van der Waals surface area contributed by atoms with E-state index in [9.17, 15) is 4.39 Å². The first-order chi connectivity index (χ1) is 7.27. The van der Waals surface area contributed by atoms with Crippen LogP contribution in [0.3, 0.4) is 0 Å². The molecule has 1 aromatic rings. The van der Waals surface area contributed by atoms with Crippen LogP contribution in [0.1, 0.15) is 12.5 Å². The molecule has 0 fully saturated rings. The van der Waals surface area contributed by atoms with Crippen LogP contribution in [-0.4, -0.2) is 12.9 Å². The minimum atomic E-state index is -0.619. The first-order valence-corrected chi connectivity index (χ1v) is 5.48. The molecule has 0 aromatic heterocycles. The molecule has 15 heavy (non-hydrogen) atoms. The number of ether oxygens (including phenoxy) is 1. The van der Waals surface area contributed by atoms with Gasteiger partial charge in [0.05, 0.1) is 19.2 Å². The lowest BCUT2D eigenvalue weighted by molar-refractivity contribution is 0.350. The first-order valence-electron chi connectivity index (χ1n) is 4.57. The zero-order chi connectivity index (χ0) is 11.1. The Balaban J connectivity index is 2.77. The number of hydrogen-bond acceptors (Lipinski definition) is 3. The van der Waals surface area contributed by atoms with E-state index < -0.39 is 6.01 Å². The standard InChI is InChI=1S/C11H13FO2S/c1-3-15-14-11(12)8-9-6-4-5-7-10(9)13-2/h4-8H,3H2,1-2H3/b11-8+. The molecule has 0 unspecified atom stereocenters. The molecular formula is C11H13FO2S.